The molecule has 20 heavy (non-hydrogen) atoms. The Bertz CT molecular complexity index is 663. The van der Waals surface area contributed by atoms with E-state index in [1.165, 1.54) is 25.0 Å². The van der Waals surface area contributed by atoms with Crippen molar-refractivity contribution in [3.05, 3.63) is 34.2 Å². The van der Waals surface area contributed by atoms with Crippen LogP contribution in [0.3, 0.4) is 0 Å². The van der Waals surface area contributed by atoms with Crippen LogP contribution in [-0.4, -0.2) is 15.1 Å². The number of hydrogen-bond donors (Lipinski definition) is 1. The van der Waals surface area contributed by atoms with Gasteiger partial charge in [-0.15, -0.1) is 0 Å². The lowest BCUT2D eigenvalue weighted by molar-refractivity contribution is -0.383. The average molecular weight is 274 g/mol. The molecular weight excluding hydrogens is 260 g/mol. The van der Waals surface area contributed by atoms with E-state index in [4.69, 9.17) is 10.3 Å². The van der Waals surface area contributed by atoms with Crippen LogP contribution in [-0.2, 0) is 0 Å². The van der Waals surface area contributed by atoms with E-state index in [2.05, 4.69) is 17.1 Å². The Balaban J connectivity index is 1.92. The predicted molar refractivity (Wildman–Crippen MR) is 71.9 cm³/mol. The Hall–Kier alpha value is -2.44. The first-order valence-electron chi connectivity index (χ1n) is 6.44. The standard InChI is InChI=1S/C13H14N4O3/c1-7(8-2-3-8)13-15-12(16-20-13)9-4-5-10(14)11(6-9)17(18)19/h4-8H,2-3,14H2,1H3/t7-/m0/s1. The van der Waals surface area contributed by atoms with Crippen molar-refractivity contribution in [3.8, 4) is 11.4 Å². The van der Waals surface area contributed by atoms with E-state index < -0.39 is 4.92 Å². The van der Waals surface area contributed by atoms with Gasteiger partial charge in [-0.05, 0) is 30.9 Å². The number of nitro groups is 1. The van der Waals surface area contributed by atoms with Crippen LogP contribution in [0.2, 0.25) is 0 Å². The van der Waals surface area contributed by atoms with Crippen molar-refractivity contribution in [3.63, 3.8) is 0 Å². The number of benzene rings is 1. The lowest BCUT2D eigenvalue weighted by atomic mass is 10.1. The molecule has 2 N–H and O–H groups in total. The Morgan fingerprint density at radius 1 is 1.50 bits per heavy atom. The van der Waals surface area contributed by atoms with Gasteiger partial charge in [0.05, 0.1) is 4.92 Å². The highest BCUT2D eigenvalue weighted by Gasteiger charge is 2.32. The van der Waals surface area contributed by atoms with Gasteiger partial charge in [0.2, 0.25) is 11.7 Å². The molecule has 0 spiro atoms. The topological polar surface area (TPSA) is 108 Å². The molecule has 0 amide bonds. The summed E-state index contributed by atoms with van der Waals surface area (Å²) in [5.74, 6) is 1.79. The number of rotatable bonds is 4. The van der Waals surface area contributed by atoms with Crippen LogP contribution in [0.15, 0.2) is 22.7 Å². The summed E-state index contributed by atoms with van der Waals surface area (Å²) in [7, 11) is 0. The van der Waals surface area contributed by atoms with Gasteiger partial charge < -0.3 is 10.3 Å². The second-order valence-electron chi connectivity index (χ2n) is 5.11. The van der Waals surface area contributed by atoms with E-state index >= 15 is 0 Å². The van der Waals surface area contributed by atoms with E-state index in [0.29, 0.717) is 23.2 Å². The largest absolute Gasteiger partial charge is 0.393 e. The Morgan fingerprint density at radius 2 is 2.25 bits per heavy atom. The molecule has 1 saturated carbocycles. The zero-order valence-corrected chi connectivity index (χ0v) is 10.9. The molecule has 7 heteroatoms. The van der Waals surface area contributed by atoms with E-state index in [1.54, 1.807) is 6.07 Å². The fraction of sp³-hybridized carbons (Fsp3) is 0.385. The summed E-state index contributed by atoms with van der Waals surface area (Å²) in [5.41, 5.74) is 6.07. The van der Waals surface area contributed by atoms with Crippen LogP contribution >= 0.6 is 0 Å². The van der Waals surface area contributed by atoms with Crippen LogP contribution in [0.5, 0.6) is 0 Å². The second-order valence-corrected chi connectivity index (χ2v) is 5.11. The molecule has 1 atom stereocenters. The first kappa shape index (κ1) is 12.6. The molecule has 2 aromatic rings. The van der Waals surface area contributed by atoms with Crippen LogP contribution in [0, 0.1) is 16.0 Å². The smallest absolute Gasteiger partial charge is 0.292 e. The molecule has 0 bridgehead atoms. The lowest BCUT2D eigenvalue weighted by Gasteiger charge is -2.01. The van der Waals surface area contributed by atoms with E-state index in [9.17, 15) is 10.1 Å². The summed E-state index contributed by atoms with van der Waals surface area (Å²) < 4.78 is 5.25. The van der Waals surface area contributed by atoms with Crippen molar-refractivity contribution >= 4 is 11.4 Å². The zero-order chi connectivity index (χ0) is 14.3. The number of nitrogen functional groups attached to an aromatic ring is 1. The molecule has 7 nitrogen and oxygen atoms in total. The monoisotopic (exact) mass is 274 g/mol. The normalized spacial score (nSPS) is 16.1. The molecule has 1 aliphatic carbocycles. The molecule has 1 aromatic carbocycles. The molecule has 1 fully saturated rings. The van der Waals surface area contributed by atoms with E-state index in [1.807, 2.05) is 0 Å². The zero-order valence-electron chi connectivity index (χ0n) is 10.9. The Labute approximate surface area is 114 Å². The third-order valence-electron chi connectivity index (χ3n) is 3.65. The number of nitrogens with zero attached hydrogens (tertiary/aromatic N) is 3. The van der Waals surface area contributed by atoms with Crippen LogP contribution in [0.4, 0.5) is 11.4 Å². The number of nitrogens with two attached hydrogens (primary N) is 1. The third-order valence-corrected chi connectivity index (χ3v) is 3.65. The van der Waals surface area contributed by atoms with Gasteiger partial charge >= 0.3 is 0 Å². The summed E-state index contributed by atoms with van der Waals surface area (Å²) >= 11 is 0. The Kier molecular flexibility index (Phi) is 2.89. The molecule has 0 unspecified atom stereocenters. The first-order valence-corrected chi connectivity index (χ1v) is 6.44. The maximum Gasteiger partial charge on any atom is 0.292 e. The van der Waals surface area contributed by atoms with Crippen LogP contribution in [0.25, 0.3) is 11.4 Å². The summed E-state index contributed by atoms with van der Waals surface area (Å²) in [6, 6.07) is 4.50. The molecule has 0 saturated heterocycles. The van der Waals surface area contributed by atoms with Crippen molar-refractivity contribution in [1.82, 2.24) is 10.1 Å². The van der Waals surface area contributed by atoms with Crippen LogP contribution < -0.4 is 5.73 Å². The SMILES string of the molecule is C[C@H](c1nc(-c2ccc(N)c([N+](=O)[O-])c2)no1)C1CC1. The second kappa shape index (κ2) is 4.59. The van der Waals surface area contributed by atoms with Gasteiger partial charge in [-0.25, -0.2) is 0 Å². The van der Waals surface area contributed by atoms with Crippen molar-refractivity contribution < 1.29 is 9.45 Å². The minimum absolute atomic E-state index is 0.119. The Morgan fingerprint density at radius 3 is 2.90 bits per heavy atom. The third kappa shape index (κ3) is 2.22. The molecule has 3 rings (SSSR count). The molecule has 1 aliphatic rings. The van der Waals surface area contributed by atoms with Gasteiger partial charge in [0, 0.05) is 17.5 Å². The highest BCUT2D eigenvalue weighted by atomic mass is 16.6. The number of hydrogen-bond acceptors (Lipinski definition) is 6. The van der Waals surface area contributed by atoms with Gasteiger partial charge in [0.15, 0.2) is 0 Å². The maximum absolute atomic E-state index is 10.9. The summed E-state index contributed by atoms with van der Waals surface area (Å²) in [6.45, 7) is 2.06. The minimum Gasteiger partial charge on any atom is -0.393 e. The molecule has 0 radical (unpaired) electrons. The summed E-state index contributed by atoms with van der Waals surface area (Å²) in [5, 5.41) is 14.8. The average Bonchev–Trinajstić information content (AvgIpc) is 3.15. The fourth-order valence-electron chi connectivity index (χ4n) is 2.18. The van der Waals surface area contributed by atoms with Crippen molar-refractivity contribution in [2.45, 2.75) is 25.7 Å². The molecule has 104 valence electrons. The molecule has 1 aromatic heterocycles. The summed E-state index contributed by atoms with van der Waals surface area (Å²) in [4.78, 5) is 14.7. The minimum atomic E-state index is -0.521. The van der Waals surface area contributed by atoms with Crippen molar-refractivity contribution in [2.24, 2.45) is 5.92 Å². The van der Waals surface area contributed by atoms with Gasteiger partial charge in [-0.3, -0.25) is 10.1 Å². The van der Waals surface area contributed by atoms with Gasteiger partial charge in [-0.2, -0.15) is 4.98 Å². The maximum atomic E-state index is 10.9. The number of anilines is 1. The number of nitro benzene ring substituents is 1. The van der Waals surface area contributed by atoms with Crippen molar-refractivity contribution in [2.75, 3.05) is 5.73 Å². The quantitative estimate of drug-likeness (QED) is 0.521. The van der Waals surface area contributed by atoms with Crippen LogP contribution in [0.1, 0.15) is 31.6 Å². The lowest BCUT2D eigenvalue weighted by Crippen LogP contribution is -1.97. The molecule has 0 aliphatic heterocycles. The van der Waals surface area contributed by atoms with Gasteiger partial charge in [0.1, 0.15) is 5.69 Å². The summed E-state index contributed by atoms with van der Waals surface area (Å²) in [6.07, 6.45) is 2.37. The highest BCUT2D eigenvalue weighted by Crippen LogP contribution is 2.42. The first-order chi connectivity index (χ1) is 9.56. The van der Waals surface area contributed by atoms with E-state index in [0.717, 1.165) is 0 Å². The van der Waals surface area contributed by atoms with Gasteiger partial charge in [0.25, 0.3) is 5.69 Å². The highest BCUT2D eigenvalue weighted by molar-refractivity contribution is 5.68. The van der Waals surface area contributed by atoms with E-state index in [-0.39, 0.29) is 17.3 Å². The predicted octanol–water partition coefficient (Wildman–Crippen LogP) is 2.74. The van der Waals surface area contributed by atoms with Gasteiger partial charge in [-0.1, -0.05) is 12.1 Å². The van der Waals surface area contributed by atoms with Crippen molar-refractivity contribution in [1.29, 1.82) is 0 Å². The number of aromatic nitrogens is 2. The molecule has 1 heterocycles. The fourth-order valence-corrected chi connectivity index (χ4v) is 2.18. The molecular formula is C13H14N4O3.